The Morgan fingerprint density at radius 1 is 1.29 bits per heavy atom. The summed E-state index contributed by atoms with van der Waals surface area (Å²) in [5, 5.41) is 8.72. The molecule has 2 heteroatoms. The van der Waals surface area contributed by atoms with Crippen molar-refractivity contribution < 1.29 is 9.90 Å². The van der Waals surface area contributed by atoms with Gasteiger partial charge in [0.15, 0.2) is 0 Å². The average Bonchev–Trinajstić information content (AvgIpc) is 2.44. The first kappa shape index (κ1) is 8.75. The van der Waals surface area contributed by atoms with Crippen LogP contribution in [0.4, 0.5) is 0 Å². The van der Waals surface area contributed by atoms with Gasteiger partial charge >= 0.3 is 5.97 Å². The van der Waals surface area contributed by atoms with Gasteiger partial charge in [0.2, 0.25) is 0 Å². The van der Waals surface area contributed by atoms with Crippen LogP contribution >= 0.6 is 0 Å². The van der Waals surface area contributed by atoms with E-state index in [1.807, 2.05) is 30.3 Å². The Bertz CT molecular complexity index is 441. The highest BCUT2D eigenvalue weighted by atomic mass is 16.4. The zero-order chi connectivity index (χ0) is 10.1. The van der Waals surface area contributed by atoms with Crippen molar-refractivity contribution in [3.05, 3.63) is 48.0 Å². The molecule has 0 saturated heterocycles. The predicted molar refractivity (Wildman–Crippen MR) is 55.7 cm³/mol. The summed E-state index contributed by atoms with van der Waals surface area (Å²) in [7, 11) is 0. The maximum Gasteiger partial charge on any atom is 0.307 e. The first-order valence-corrected chi connectivity index (χ1v) is 4.39. The molecule has 0 atom stereocenters. The normalized spacial score (nSPS) is 13.7. The first-order chi connectivity index (χ1) is 6.68. The summed E-state index contributed by atoms with van der Waals surface area (Å²) in [5.74, 6) is -0.805. The third-order valence-corrected chi connectivity index (χ3v) is 2.31. The standard InChI is InChI=1S/C12H10O2/c1-8-6-9(7-12(13)14)11-5-3-2-4-10(8)11/h2-6H,1,7H2,(H,13,14). The highest BCUT2D eigenvalue weighted by Gasteiger charge is 2.17. The molecule has 0 radical (unpaired) electrons. The fraction of sp³-hybridized carbons (Fsp3) is 0.0833. The lowest BCUT2D eigenvalue weighted by molar-refractivity contribution is -0.135. The van der Waals surface area contributed by atoms with E-state index in [2.05, 4.69) is 6.58 Å². The zero-order valence-electron chi connectivity index (χ0n) is 7.66. The number of aliphatic carboxylic acids is 1. The number of allylic oxidation sites excluding steroid dienone is 2. The lowest BCUT2D eigenvalue weighted by atomic mass is 10.0. The number of fused-ring (bicyclic) bond motifs is 1. The van der Waals surface area contributed by atoms with Crippen molar-refractivity contribution in [2.45, 2.75) is 6.42 Å². The van der Waals surface area contributed by atoms with Crippen molar-refractivity contribution in [1.82, 2.24) is 0 Å². The van der Waals surface area contributed by atoms with Crippen molar-refractivity contribution in [3.63, 3.8) is 0 Å². The molecule has 0 amide bonds. The molecule has 1 aliphatic carbocycles. The zero-order valence-corrected chi connectivity index (χ0v) is 7.66. The third-order valence-electron chi connectivity index (χ3n) is 2.31. The van der Waals surface area contributed by atoms with Crippen LogP contribution in [0.1, 0.15) is 17.5 Å². The predicted octanol–water partition coefficient (Wildman–Crippen LogP) is 2.57. The quantitative estimate of drug-likeness (QED) is 0.770. The Hall–Kier alpha value is -1.83. The van der Waals surface area contributed by atoms with Crippen molar-refractivity contribution in [2.24, 2.45) is 0 Å². The van der Waals surface area contributed by atoms with Crippen molar-refractivity contribution in [2.75, 3.05) is 0 Å². The molecule has 0 heterocycles. The summed E-state index contributed by atoms with van der Waals surface area (Å²) < 4.78 is 0. The molecule has 0 saturated carbocycles. The maximum atomic E-state index is 10.6. The van der Waals surface area contributed by atoms with E-state index in [0.29, 0.717) is 0 Å². The second-order valence-corrected chi connectivity index (χ2v) is 3.31. The fourth-order valence-electron chi connectivity index (χ4n) is 1.72. The summed E-state index contributed by atoms with van der Waals surface area (Å²) in [6.07, 6.45) is 1.91. The minimum Gasteiger partial charge on any atom is -0.481 e. The molecular weight excluding hydrogens is 176 g/mol. The van der Waals surface area contributed by atoms with Gasteiger partial charge in [0.1, 0.15) is 0 Å². The molecular formula is C12H10O2. The Labute approximate surface area is 82.2 Å². The molecule has 0 bridgehead atoms. The topological polar surface area (TPSA) is 37.3 Å². The van der Waals surface area contributed by atoms with Crippen LogP contribution in [0.2, 0.25) is 0 Å². The number of rotatable bonds is 2. The van der Waals surface area contributed by atoms with Gasteiger partial charge in [0, 0.05) is 0 Å². The van der Waals surface area contributed by atoms with E-state index in [9.17, 15) is 4.79 Å². The van der Waals surface area contributed by atoms with E-state index in [1.165, 1.54) is 0 Å². The Morgan fingerprint density at radius 3 is 2.57 bits per heavy atom. The molecule has 1 aliphatic rings. The van der Waals surface area contributed by atoms with Gasteiger partial charge in [-0.2, -0.15) is 0 Å². The summed E-state index contributed by atoms with van der Waals surface area (Å²) >= 11 is 0. The van der Waals surface area contributed by atoms with Crippen LogP contribution in [0, 0.1) is 0 Å². The molecule has 1 N–H and O–H groups in total. The van der Waals surface area contributed by atoms with Crippen LogP contribution in [0.5, 0.6) is 0 Å². The summed E-state index contributed by atoms with van der Waals surface area (Å²) in [5.41, 5.74) is 3.79. The molecule has 2 nitrogen and oxygen atoms in total. The molecule has 1 aromatic rings. The van der Waals surface area contributed by atoms with E-state index in [1.54, 1.807) is 0 Å². The van der Waals surface area contributed by atoms with E-state index < -0.39 is 5.97 Å². The highest BCUT2D eigenvalue weighted by molar-refractivity contribution is 5.99. The van der Waals surface area contributed by atoms with Gasteiger partial charge in [-0.05, 0) is 22.3 Å². The van der Waals surface area contributed by atoms with Gasteiger partial charge in [-0.3, -0.25) is 4.79 Å². The maximum absolute atomic E-state index is 10.6. The lowest BCUT2D eigenvalue weighted by Crippen LogP contribution is -1.95. The van der Waals surface area contributed by atoms with Crippen LogP contribution in [-0.2, 0) is 4.79 Å². The number of hydrogen-bond donors (Lipinski definition) is 1. The van der Waals surface area contributed by atoms with Gasteiger partial charge in [-0.25, -0.2) is 0 Å². The Morgan fingerprint density at radius 2 is 1.93 bits per heavy atom. The van der Waals surface area contributed by atoms with Gasteiger partial charge in [0.25, 0.3) is 0 Å². The number of hydrogen-bond acceptors (Lipinski definition) is 1. The molecule has 0 unspecified atom stereocenters. The average molecular weight is 186 g/mol. The van der Waals surface area contributed by atoms with E-state index in [-0.39, 0.29) is 6.42 Å². The molecule has 2 rings (SSSR count). The number of benzene rings is 1. The molecule has 14 heavy (non-hydrogen) atoms. The van der Waals surface area contributed by atoms with E-state index in [4.69, 9.17) is 5.11 Å². The first-order valence-electron chi connectivity index (χ1n) is 4.39. The molecule has 0 fully saturated rings. The molecule has 0 aliphatic heterocycles. The SMILES string of the molecule is C=C1C=C(CC(=O)O)c2ccccc21. The smallest absolute Gasteiger partial charge is 0.307 e. The van der Waals surface area contributed by atoms with Gasteiger partial charge in [-0.1, -0.05) is 36.9 Å². The summed E-state index contributed by atoms with van der Waals surface area (Å²) in [6, 6.07) is 7.74. The van der Waals surface area contributed by atoms with Crippen LogP contribution in [0.25, 0.3) is 11.1 Å². The third kappa shape index (κ3) is 1.35. The summed E-state index contributed by atoms with van der Waals surface area (Å²) in [6.45, 7) is 3.88. The minimum absolute atomic E-state index is 0.0655. The van der Waals surface area contributed by atoms with Crippen LogP contribution in [0.15, 0.2) is 36.9 Å². The van der Waals surface area contributed by atoms with Crippen molar-refractivity contribution in [1.29, 1.82) is 0 Å². The van der Waals surface area contributed by atoms with E-state index in [0.717, 1.165) is 22.3 Å². The lowest BCUT2D eigenvalue weighted by Gasteiger charge is -2.01. The van der Waals surface area contributed by atoms with Crippen molar-refractivity contribution >= 4 is 17.1 Å². The second kappa shape index (κ2) is 3.14. The van der Waals surface area contributed by atoms with Crippen LogP contribution < -0.4 is 0 Å². The molecule has 0 aromatic heterocycles. The number of carboxylic acid groups (broad SMARTS) is 1. The second-order valence-electron chi connectivity index (χ2n) is 3.31. The van der Waals surface area contributed by atoms with Gasteiger partial charge in [-0.15, -0.1) is 0 Å². The molecule has 1 aromatic carbocycles. The van der Waals surface area contributed by atoms with Crippen LogP contribution in [0.3, 0.4) is 0 Å². The van der Waals surface area contributed by atoms with Gasteiger partial charge in [0.05, 0.1) is 6.42 Å². The molecule has 70 valence electrons. The summed E-state index contributed by atoms with van der Waals surface area (Å²) in [4.78, 5) is 10.6. The minimum atomic E-state index is -0.805. The molecule has 0 spiro atoms. The Balaban J connectivity index is 2.43. The van der Waals surface area contributed by atoms with Gasteiger partial charge < -0.3 is 5.11 Å². The van der Waals surface area contributed by atoms with Crippen molar-refractivity contribution in [3.8, 4) is 0 Å². The monoisotopic (exact) mass is 186 g/mol. The van der Waals surface area contributed by atoms with Crippen LogP contribution in [-0.4, -0.2) is 11.1 Å². The number of carboxylic acids is 1. The number of carbonyl (C=O) groups is 1. The highest BCUT2D eigenvalue weighted by Crippen LogP contribution is 2.35. The van der Waals surface area contributed by atoms with E-state index >= 15 is 0 Å². The Kier molecular flexibility index (Phi) is 1.97. The fourth-order valence-corrected chi connectivity index (χ4v) is 1.72. The largest absolute Gasteiger partial charge is 0.481 e.